The van der Waals surface area contributed by atoms with Crippen molar-refractivity contribution in [3.63, 3.8) is 0 Å². The molecular weight excluding hydrogens is 226 g/mol. The van der Waals surface area contributed by atoms with Crippen LogP contribution in [0.2, 0.25) is 0 Å². The first-order valence-electron chi connectivity index (χ1n) is 7.46. The van der Waals surface area contributed by atoms with E-state index in [1.54, 1.807) is 0 Å². The van der Waals surface area contributed by atoms with Crippen LogP contribution in [0.1, 0.15) is 52.9 Å². The lowest BCUT2D eigenvalue weighted by atomic mass is 9.85. The predicted octanol–water partition coefficient (Wildman–Crippen LogP) is 2.84. The number of likely N-dealkylation sites (tertiary alicyclic amines) is 1. The van der Waals surface area contributed by atoms with Gasteiger partial charge in [-0.2, -0.15) is 0 Å². The van der Waals surface area contributed by atoms with Gasteiger partial charge in [0.15, 0.2) is 0 Å². The largest absolute Gasteiger partial charge is 0.365 e. The van der Waals surface area contributed by atoms with Crippen molar-refractivity contribution in [3.8, 4) is 0 Å². The maximum absolute atomic E-state index is 12.6. The third kappa shape index (κ3) is 2.87. The van der Waals surface area contributed by atoms with Gasteiger partial charge < -0.3 is 9.64 Å². The van der Waals surface area contributed by atoms with Crippen LogP contribution < -0.4 is 0 Å². The first-order valence-corrected chi connectivity index (χ1v) is 7.46. The fourth-order valence-corrected chi connectivity index (χ4v) is 3.21. The maximum Gasteiger partial charge on any atom is 0.254 e. The van der Waals surface area contributed by atoms with Crippen molar-refractivity contribution in [2.24, 2.45) is 11.8 Å². The van der Waals surface area contributed by atoms with Gasteiger partial charge in [-0.05, 0) is 50.9 Å². The molecule has 1 atom stereocenters. The molecule has 0 aromatic heterocycles. The Bertz CT molecular complexity index is 287. The molecule has 18 heavy (non-hydrogen) atoms. The molecule has 0 radical (unpaired) electrons. The number of carbonyl (C=O) groups excluding carboxylic acids is 1. The number of carbonyl (C=O) groups is 1. The van der Waals surface area contributed by atoms with E-state index in [4.69, 9.17) is 4.74 Å². The van der Waals surface area contributed by atoms with E-state index in [-0.39, 0.29) is 5.91 Å². The van der Waals surface area contributed by atoms with Gasteiger partial charge in [0.2, 0.25) is 0 Å². The lowest BCUT2D eigenvalue weighted by molar-refractivity contribution is -0.163. The van der Waals surface area contributed by atoms with Crippen molar-refractivity contribution < 1.29 is 9.53 Å². The van der Waals surface area contributed by atoms with E-state index in [2.05, 4.69) is 13.8 Å². The van der Waals surface area contributed by atoms with Crippen LogP contribution in [0.5, 0.6) is 0 Å². The van der Waals surface area contributed by atoms with Crippen molar-refractivity contribution in [1.82, 2.24) is 4.90 Å². The first-order chi connectivity index (χ1) is 8.53. The molecule has 2 aliphatic heterocycles. The Morgan fingerprint density at radius 2 is 1.94 bits per heavy atom. The van der Waals surface area contributed by atoms with Crippen molar-refractivity contribution in [2.75, 3.05) is 19.7 Å². The summed E-state index contributed by atoms with van der Waals surface area (Å²) in [5.74, 6) is 1.75. The Morgan fingerprint density at radius 1 is 1.28 bits per heavy atom. The molecule has 0 N–H and O–H groups in total. The van der Waals surface area contributed by atoms with E-state index in [0.29, 0.717) is 0 Å². The van der Waals surface area contributed by atoms with Gasteiger partial charge in [0.25, 0.3) is 5.91 Å². The van der Waals surface area contributed by atoms with Crippen molar-refractivity contribution in [3.05, 3.63) is 0 Å². The summed E-state index contributed by atoms with van der Waals surface area (Å²) in [5, 5.41) is 0. The Hall–Kier alpha value is -0.570. The molecule has 0 aliphatic carbocycles. The summed E-state index contributed by atoms with van der Waals surface area (Å²) in [6.07, 6.45) is 5.40. The molecule has 1 unspecified atom stereocenters. The zero-order valence-corrected chi connectivity index (χ0v) is 12.1. The maximum atomic E-state index is 12.6. The SMILES string of the molecule is CC(C)C1CCN(C(=O)C2(C)CCCCO2)CC1. The lowest BCUT2D eigenvalue weighted by Gasteiger charge is -2.40. The molecular formula is C15H27NO2. The molecule has 1 amide bonds. The highest BCUT2D eigenvalue weighted by Crippen LogP contribution is 2.30. The number of amides is 1. The minimum Gasteiger partial charge on any atom is -0.365 e. The van der Waals surface area contributed by atoms with E-state index in [1.165, 1.54) is 0 Å². The van der Waals surface area contributed by atoms with Gasteiger partial charge in [-0.25, -0.2) is 0 Å². The minimum atomic E-state index is -0.539. The van der Waals surface area contributed by atoms with Gasteiger partial charge in [-0.15, -0.1) is 0 Å². The van der Waals surface area contributed by atoms with Crippen molar-refractivity contribution >= 4 is 5.91 Å². The summed E-state index contributed by atoms with van der Waals surface area (Å²) in [7, 11) is 0. The zero-order chi connectivity index (χ0) is 13.2. The van der Waals surface area contributed by atoms with Gasteiger partial charge in [0.1, 0.15) is 5.60 Å². The van der Waals surface area contributed by atoms with E-state index in [1.807, 2.05) is 11.8 Å². The molecule has 2 rings (SSSR count). The summed E-state index contributed by atoms with van der Waals surface area (Å²) in [6, 6.07) is 0. The van der Waals surface area contributed by atoms with Crippen LogP contribution in [0.25, 0.3) is 0 Å². The number of hydrogen-bond acceptors (Lipinski definition) is 2. The van der Waals surface area contributed by atoms with Crippen molar-refractivity contribution in [2.45, 2.75) is 58.5 Å². The molecule has 3 heteroatoms. The Balaban J connectivity index is 1.90. The van der Waals surface area contributed by atoms with Gasteiger partial charge in [-0.3, -0.25) is 4.79 Å². The van der Waals surface area contributed by atoms with E-state index in [9.17, 15) is 4.79 Å². The number of hydrogen-bond donors (Lipinski definition) is 0. The average Bonchev–Trinajstić information content (AvgIpc) is 2.39. The molecule has 0 spiro atoms. The highest BCUT2D eigenvalue weighted by Gasteiger charge is 2.40. The number of rotatable bonds is 2. The van der Waals surface area contributed by atoms with Gasteiger partial charge in [-0.1, -0.05) is 13.8 Å². The third-order valence-corrected chi connectivity index (χ3v) is 4.69. The third-order valence-electron chi connectivity index (χ3n) is 4.69. The molecule has 2 saturated heterocycles. The van der Waals surface area contributed by atoms with Crippen molar-refractivity contribution in [1.29, 1.82) is 0 Å². The Labute approximate surface area is 111 Å². The molecule has 0 saturated carbocycles. The zero-order valence-electron chi connectivity index (χ0n) is 12.1. The number of ether oxygens (including phenoxy) is 1. The average molecular weight is 253 g/mol. The second kappa shape index (κ2) is 5.60. The molecule has 0 aromatic carbocycles. The fourth-order valence-electron chi connectivity index (χ4n) is 3.21. The highest BCUT2D eigenvalue weighted by atomic mass is 16.5. The smallest absolute Gasteiger partial charge is 0.254 e. The van der Waals surface area contributed by atoms with Crippen LogP contribution in [0.4, 0.5) is 0 Å². The Kier molecular flexibility index (Phi) is 4.31. The second-order valence-electron chi connectivity index (χ2n) is 6.41. The number of nitrogens with zero attached hydrogens (tertiary/aromatic N) is 1. The minimum absolute atomic E-state index is 0.226. The lowest BCUT2D eigenvalue weighted by Crippen LogP contribution is -2.52. The van der Waals surface area contributed by atoms with Crippen LogP contribution >= 0.6 is 0 Å². The van der Waals surface area contributed by atoms with E-state index >= 15 is 0 Å². The second-order valence-corrected chi connectivity index (χ2v) is 6.41. The van der Waals surface area contributed by atoms with E-state index in [0.717, 1.165) is 63.6 Å². The summed E-state index contributed by atoms with van der Waals surface area (Å²) >= 11 is 0. The monoisotopic (exact) mass is 253 g/mol. The fraction of sp³-hybridized carbons (Fsp3) is 0.933. The van der Waals surface area contributed by atoms with Gasteiger partial charge in [0, 0.05) is 19.7 Å². The summed E-state index contributed by atoms with van der Waals surface area (Å²) in [6.45, 7) is 9.12. The number of piperidine rings is 1. The molecule has 3 nitrogen and oxygen atoms in total. The molecule has 2 aliphatic rings. The van der Waals surface area contributed by atoms with Crippen LogP contribution in [0, 0.1) is 11.8 Å². The van der Waals surface area contributed by atoms with Crippen LogP contribution in [0.15, 0.2) is 0 Å². The van der Waals surface area contributed by atoms with E-state index < -0.39 is 5.60 Å². The summed E-state index contributed by atoms with van der Waals surface area (Å²) in [5.41, 5.74) is -0.539. The van der Waals surface area contributed by atoms with Gasteiger partial charge in [0.05, 0.1) is 0 Å². The molecule has 2 heterocycles. The van der Waals surface area contributed by atoms with Crippen LogP contribution in [-0.4, -0.2) is 36.1 Å². The van der Waals surface area contributed by atoms with Crippen LogP contribution in [0.3, 0.4) is 0 Å². The quantitative estimate of drug-likeness (QED) is 0.757. The topological polar surface area (TPSA) is 29.5 Å². The molecule has 2 fully saturated rings. The van der Waals surface area contributed by atoms with Crippen LogP contribution in [-0.2, 0) is 9.53 Å². The first kappa shape index (κ1) is 13.9. The predicted molar refractivity (Wildman–Crippen MR) is 72.4 cm³/mol. The van der Waals surface area contributed by atoms with Gasteiger partial charge >= 0.3 is 0 Å². The Morgan fingerprint density at radius 3 is 2.44 bits per heavy atom. The summed E-state index contributed by atoms with van der Waals surface area (Å²) in [4.78, 5) is 14.6. The molecule has 0 bridgehead atoms. The summed E-state index contributed by atoms with van der Waals surface area (Å²) < 4.78 is 5.76. The molecule has 0 aromatic rings. The highest BCUT2D eigenvalue weighted by molar-refractivity contribution is 5.85. The molecule has 104 valence electrons. The normalized spacial score (nSPS) is 30.8. The standard InChI is InChI=1S/C15H27NO2/c1-12(2)13-6-9-16(10-7-13)14(17)15(3)8-4-5-11-18-15/h12-13H,4-11H2,1-3H3.